The van der Waals surface area contributed by atoms with E-state index in [1.807, 2.05) is 36.0 Å². The summed E-state index contributed by atoms with van der Waals surface area (Å²) in [5.41, 5.74) is 0.847. The van der Waals surface area contributed by atoms with Crippen LogP contribution in [0.2, 0.25) is 5.02 Å². The van der Waals surface area contributed by atoms with Crippen molar-refractivity contribution in [3.05, 3.63) is 35.2 Å². The van der Waals surface area contributed by atoms with E-state index >= 15 is 0 Å². The normalized spacial score (nSPS) is 20.3. The molecule has 2 N–H and O–H groups in total. The Morgan fingerprint density at radius 2 is 2.31 bits per heavy atom. The van der Waals surface area contributed by atoms with Crippen molar-refractivity contribution < 1.29 is 4.52 Å². The number of hydrogen-bond acceptors (Lipinski definition) is 5. The Morgan fingerprint density at radius 3 is 3.04 bits per heavy atom. The number of nitrogens with zero attached hydrogens (tertiary/aromatic N) is 3. The second kappa shape index (κ2) is 8.77. The summed E-state index contributed by atoms with van der Waals surface area (Å²) in [6.45, 7) is 3.89. The highest BCUT2D eigenvalue weighted by Gasteiger charge is 2.29. The van der Waals surface area contributed by atoms with E-state index in [0.29, 0.717) is 34.5 Å². The van der Waals surface area contributed by atoms with Gasteiger partial charge in [0.05, 0.1) is 0 Å². The Morgan fingerprint density at radius 1 is 1.42 bits per heavy atom. The number of benzene rings is 1. The highest BCUT2D eigenvalue weighted by atomic mass is 35.5. The summed E-state index contributed by atoms with van der Waals surface area (Å²) in [6.07, 6.45) is 3.16. The molecule has 1 fully saturated rings. The maximum atomic E-state index is 6.00. The van der Waals surface area contributed by atoms with Crippen LogP contribution < -0.4 is 10.6 Å². The lowest BCUT2D eigenvalue weighted by molar-refractivity contribution is 0.378. The SMILES string of the molecule is CN=C(NCCc1nc(-c2cccc(Cl)c2)no1)NCC1(C)CCCS1. The molecule has 1 saturated heterocycles. The maximum Gasteiger partial charge on any atom is 0.228 e. The fraction of sp³-hybridized carbons (Fsp3) is 0.500. The molecule has 1 aliphatic rings. The predicted molar refractivity (Wildman–Crippen MR) is 108 cm³/mol. The van der Waals surface area contributed by atoms with Crippen molar-refractivity contribution in [3.8, 4) is 11.4 Å². The highest BCUT2D eigenvalue weighted by Crippen LogP contribution is 2.36. The van der Waals surface area contributed by atoms with E-state index < -0.39 is 0 Å². The van der Waals surface area contributed by atoms with Gasteiger partial charge in [0.1, 0.15) is 0 Å². The minimum atomic E-state index is 0.302. The third kappa shape index (κ3) is 5.14. The Labute approximate surface area is 163 Å². The van der Waals surface area contributed by atoms with Gasteiger partial charge in [-0.15, -0.1) is 0 Å². The first-order valence-corrected chi connectivity index (χ1v) is 10.1. The Hall–Kier alpha value is -1.73. The molecule has 0 spiro atoms. The average molecular weight is 394 g/mol. The van der Waals surface area contributed by atoms with Gasteiger partial charge in [0, 0.05) is 41.9 Å². The lowest BCUT2D eigenvalue weighted by Gasteiger charge is -2.24. The third-order valence-corrected chi connectivity index (χ3v) is 6.11. The second-order valence-electron chi connectivity index (χ2n) is 6.53. The molecule has 0 amide bonds. The van der Waals surface area contributed by atoms with Gasteiger partial charge >= 0.3 is 0 Å². The van der Waals surface area contributed by atoms with Gasteiger partial charge in [0.2, 0.25) is 11.7 Å². The summed E-state index contributed by atoms with van der Waals surface area (Å²) in [5, 5.41) is 11.4. The molecule has 0 aliphatic carbocycles. The number of aromatic nitrogens is 2. The molecule has 6 nitrogen and oxygen atoms in total. The highest BCUT2D eigenvalue weighted by molar-refractivity contribution is 8.00. The van der Waals surface area contributed by atoms with Crippen LogP contribution in [-0.2, 0) is 6.42 Å². The third-order valence-electron chi connectivity index (χ3n) is 4.34. The van der Waals surface area contributed by atoms with Gasteiger partial charge in [-0.3, -0.25) is 4.99 Å². The molecule has 0 radical (unpaired) electrons. The monoisotopic (exact) mass is 393 g/mol. The summed E-state index contributed by atoms with van der Waals surface area (Å²) < 4.78 is 5.63. The molecule has 3 rings (SSSR count). The van der Waals surface area contributed by atoms with Crippen molar-refractivity contribution in [1.82, 2.24) is 20.8 Å². The Bertz CT molecular complexity index is 758. The van der Waals surface area contributed by atoms with Crippen molar-refractivity contribution >= 4 is 29.3 Å². The van der Waals surface area contributed by atoms with Gasteiger partial charge in [0.15, 0.2) is 5.96 Å². The molecule has 0 bridgehead atoms. The fourth-order valence-electron chi connectivity index (χ4n) is 2.86. The summed E-state index contributed by atoms with van der Waals surface area (Å²) in [7, 11) is 1.78. The average Bonchev–Trinajstić information content (AvgIpc) is 3.28. The summed E-state index contributed by atoms with van der Waals surface area (Å²) in [4.78, 5) is 8.70. The van der Waals surface area contributed by atoms with Crippen LogP contribution in [0.15, 0.2) is 33.8 Å². The van der Waals surface area contributed by atoms with Crippen LogP contribution in [0.25, 0.3) is 11.4 Å². The quantitative estimate of drug-likeness (QED) is 0.578. The van der Waals surface area contributed by atoms with E-state index in [-0.39, 0.29) is 0 Å². The molecule has 140 valence electrons. The second-order valence-corrected chi connectivity index (χ2v) is 8.65. The van der Waals surface area contributed by atoms with E-state index in [1.54, 1.807) is 7.05 Å². The van der Waals surface area contributed by atoms with Crippen molar-refractivity contribution in [2.75, 3.05) is 25.9 Å². The molecule has 1 aromatic heterocycles. The molecule has 1 atom stereocenters. The summed E-state index contributed by atoms with van der Waals surface area (Å²) >= 11 is 8.04. The van der Waals surface area contributed by atoms with Gasteiger partial charge < -0.3 is 15.2 Å². The predicted octanol–water partition coefficient (Wildman–Crippen LogP) is 3.38. The first kappa shape index (κ1) is 19.0. The molecule has 2 heterocycles. The van der Waals surface area contributed by atoms with Crippen molar-refractivity contribution in [2.45, 2.75) is 30.9 Å². The molecule has 26 heavy (non-hydrogen) atoms. The molecule has 1 unspecified atom stereocenters. The van der Waals surface area contributed by atoms with E-state index in [1.165, 1.54) is 18.6 Å². The van der Waals surface area contributed by atoms with E-state index in [9.17, 15) is 0 Å². The van der Waals surface area contributed by atoms with Crippen LogP contribution in [0.3, 0.4) is 0 Å². The molecule has 0 saturated carbocycles. The zero-order valence-electron chi connectivity index (χ0n) is 15.1. The van der Waals surface area contributed by atoms with Gasteiger partial charge in [-0.05, 0) is 37.7 Å². The number of thioether (sulfide) groups is 1. The molecule has 1 aliphatic heterocycles. The lowest BCUT2D eigenvalue weighted by Crippen LogP contribution is -2.44. The molecule has 1 aromatic carbocycles. The lowest BCUT2D eigenvalue weighted by atomic mass is 10.1. The molecule has 8 heteroatoms. The first-order valence-electron chi connectivity index (χ1n) is 8.75. The summed E-state index contributed by atoms with van der Waals surface area (Å²) in [5.74, 6) is 3.18. The van der Waals surface area contributed by atoms with Crippen molar-refractivity contribution in [3.63, 3.8) is 0 Å². The largest absolute Gasteiger partial charge is 0.356 e. The van der Waals surface area contributed by atoms with E-state index in [0.717, 1.165) is 18.1 Å². The van der Waals surface area contributed by atoms with E-state index in [2.05, 4.69) is 32.7 Å². The van der Waals surface area contributed by atoms with E-state index in [4.69, 9.17) is 16.1 Å². The van der Waals surface area contributed by atoms with Crippen LogP contribution in [0.5, 0.6) is 0 Å². The number of nitrogens with one attached hydrogen (secondary N) is 2. The summed E-state index contributed by atoms with van der Waals surface area (Å²) in [6, 6.07) is 7.42. The van der Waals surface area contributed by atoms with Crippen LogP contribution in [0, 0.1) is 0 Å². The zero-order chi connectivity index (χ0) is 18.4. The number of guanidine groups is 1. The molecule has 2 aromatic rings. The van der Waals surface area contributed by atoms with Crippen molar-refractivity contribution in [1.29, 1.82) is 0 Å². The number of halogens is 1. The molecular formula is C18H24ClN5OS. The Kier molecular flexibility index (Phi) is 6.43. The number of hydrogen-bond donors (Lipinski definition) is 2. The van der Waals surface area contributed by atoms with Gasteiger partial charge in [-0.25, -0.2) is 0 Å². The minimum absolute atomic E-state index is 0.302. The van der Waals surface area contributed by atoms with Crippen LogP contribution in [0.4, 0.5) is 0 Å². The number of aliphatic imine (C=N–C) groups is 1. The van der Waals surface area contributed by atoms with Gasteiger partial charge in [-0.1, -0.05) is 28.9 Å². The zero-order valence-corrected chi connectivity index (χ0v) is 16.7. The maximum absolute atomic E-state index is 6.00. The van der Waals surface area contributed by atoms with Gasteiger partial charge in [0.25, 0.3) is 0 Å². The standard InChI is InChI=1S/C18H24ClN5OS/c1-18(8-4-10-26-18)12-22-17(20-2)21-9-7-15-23-16(24-25-15)13-5-3-6-14(19)11-13/h3,5-6,11H,4,7-10,12H2,1-2H3,(H2,20,21,22). The Balaban J connectivity index is 1.46. The smallest absolute Gasteiger partial charge is 0.228 e. The minimum Gasteiger partial charge on any atom is -0.356 e. The topological polar surface area (TPSA) is 75.3 Å². The molecular weight excluding hydrogens is 370 g/mol. The van der Waals surface area contributed by atoms with Crippen LogP contribution in [-0.4, -0.2) is 46.7 Å². The fourth-order valence-corrected chi connectivity index (χ4v) is 4.29. The first-order chi connectivity index (χ1) is 12.6. The van der Waals surface area contributed by atoms with Crippen LogP contribution in [0.1, 0.15) is 25.7 Å². The van der Waals surface area contributed by atoms with Crippen molar-refractivity contribution in [2.24, 2.45) is 4.99 Å². The number of rotatable bonds is 6. The van der Waals surface area contributed by atoms with Crippen LogP contribution >= 0.6 is 23.4 Å². The van der Waals surface area contributed by atoms with Gasteiger partial charge in [-0.2, -0.15) is 16.7 Å².